The minimum atomic E-state index is 0.425. The van der Waals surface area contributed by atoms with Crippen molar-refractivity contribution < 1.29 is 9.53 Å². The number of Topliss-reactive ketones (excluding diaryl/α,β-unsaturated/α-hetero) is 1. The number of ketones is 1. The molecule has 1 N–H and O–H groups in total. The van der Waals surface area contributed by atoms with E-state index in [2.05, 4.69) is 10.2 Å². The van der Waals surface area contributed by atoms with Crippen LogP contribution in [0.25, 0.3) is 0 Å². The molecule has 4 heteroatoms. The highest BCUT2D eigenvalue weighted by Gasteiger charge is 2.15. The van der Waals surface area contributed by atoms with E-state index < -0.39 is 0 Å². The van der Waals surface area contributed by atoms with E-state index in [0.29, 0.717) is 12.3 Å². The number of rotatable bonds is 7. The average molecular weight is 268 g/mol. The average Bonchev–Trinajstić information content (AvgIpc) is 2.46. The number of hydrogen-bond acceptors (Lipinski definition) is 4. The molecule has 110 valence electrons. The second-order valence-electron chi connectivity index (χ2n) is 5.87. The molecular weight excluding hydrogens is 240 g/mol. The van der Waals surface area contributed by atoms with Gasteiger partial charge in [-0.15, -0.1) is 0 Å². The summed E-state index contributed by atoms with van der Waals surface area (Å²) in [5.41, 5.74) is 0. The normalized spacial score (nSPS) is 22.5. The molecule has 0 aromatic carbocycles. The lowest BCUT2D eigenvalue weighted by Crippen LogP contribution is -2.45. The van der Waals surface area contributed by atoms with Crippen LogP contribution in [0, 0.1) is 5.92 Å². The molecule has 0 radical (unpaired) electrons. The molecule has 0 atom stereocenters. The summed E-state index contributed by atoms with van der Waals surface area (Å²) in [4.78, 5) is 14.2. The van der Waals surface area contributed by atoms with Gasteiger partial charge in [0, 0.05) is 45.8 Å². The Morgan fingerprint density at radius 3 is 2.63 bits per heavy atom. The zero-order valence-corrected chi connectivity index (χ0v) is 12.0. The van der Waals surface area contributed by atoms with Gasteiger partial charge in [-0.2, -0.15) is 0 Å². The topological polar surface area (TPSA) is 41.6 Å². The van der Waals surface area contributed by atoms with Gasteiger partial charge in [0.2, 0.25) is 0 Å². The predicted molar refractivity (Wildman–Crippen MR) is 76.3 cm³/mol. The third kappa shape index (κ3) is 6.02. The van der Waals surface area contributed by atoms with Gasteiger partial charge in [0.25, 0.3) is 0 Å². The van der Waals surface area contributed by atoms with E-state index in [9.17, 15) is 4.79 Å². The summed E-state index contributed by atoms with van der Waals surface area (Å²) < 4.78 is 5.36. The first-order valence-corrected chi connectivity index (χ1v) is 7.87. The van der Waals surface area contributed by atoms with Gasteiger partial charge in [-0.1, -0.05) is 12.8 Å². The molecule has 2 saturated heterocycles. The lowest BCUT2D eigenvalue weighted by Gasteiger charge is -2.26. The summed E-state index contributed by atoms with van der Waals surface area (Å²) in [6.07, 6.45) is 6.76. The molecule has 0 saturated carbocycles. The monoisotopic (exact) mass is 268 g/mol. The van der Waals surface area contributed by atoms with Crippen molar-refractivity contribution in [3.63, 3.8) is 0 Å². The van der Waals surface area contributed by atoms with Crippen LogP contribution >= 0.6 is 0 Å². The van der Waals surface area contributed by atoms with E-state index in [1.807, 2.05) is 0 Å². The van der Waals surface area contributed by atoms with Crippen LogP contribution in [0.3, 0.4) is 0 Å². The van der Waals surface area contributed by atoms with Crippen molar-refractivity contribution in [1.29, 1.82) is 0 Å². The molecule has 0 aliphatic carbocycles. The summed E-state index contributed by atoms with van der Waals surface area (Å²) in [7, 11) is 0. The Bertz CT molecular complexity index is 259. The van der Waals surface area contributed by atoms with Crippen molar-refractivity contribution >= 4 is 5.78 Å². The number of carbonyl (C=O) groups excluding carboxylic acids is 1. The van der Waals surface area contributed by atoms with Crippen LogP contribution < -0.4 is 5.32 Å². The summed E-state index contributed by atoms with van der Waals surface area (Å²) in [6.45, 7) is 6.63. The third-order valence-corrected chi connectivity index (χ3v) is 4.27. The lowest BCUT2D eigenvalue weighted by molar-refractivity contribution is -0.120. The van der Waals surface area contributed by atoms with Crippen molar-refractivity contribution in [3.8, 4) is 0 Å². The van der Waals surface area contributed by atoms with Crippen LogP contribution in [-0.2, 0) is 9.53 Å². The van der Waals surface area contributed by atoms with Crippen molar-refractivity contribution in [2.24, 2.45) is 5.92 Å². The maximum Gasteiger partial charge on any atom is 0.146 e. The number of unbranched alkanes of at least 4 members (excludes halogenated alkanes) is 1. The number of piperazine rings is 1. The van der Waals surface area contributed by atoms with Gasteiger partial charge in [-0.3, -0.25) is 9.69 Å². The summed E-state index contributed by atoms with van der Waals surface area (Å²) in [6, 6.07) is 0. The number of carbonyl (C=O) groups is 1. The van der Waals surface area contributed by atoms with Gasteiger partial charge >= 0.3 is 0 Å². The standard InChI is InChI=1S/C15H28N2O2/c18-15(13-17-9-7-16-8-10-17)4-2-1-3-14-5-11-19-12-6-14/h14,16H,1-13H2. The van der Waals surface area contributed by atoms with E-state index in [1.54, 1.807) is 0 Å². The van der Waals surface area contributed by atoms with Crippen molar-refractivity contribution in [3.05, 3.63) is 0 Å². The van der Waals surface area contributed by atoms with Crippen LogP contribution in [0.5, 0.6) is 0 Å². The van der Waals surface area contributed by atoms with Gasteiger partial charge in [-0.25, -0.2) is 0 Å². The second kappa shape index (κ2) is 8.67. The molecule has 2 heterocycles. The molecule has 0 unspecified atom stereocenters. The quantitative estimate of drug-likeness (QED) is 0.710. The molecule has 0 amide bonds. The molecule has 2 aliphatic rings. The largest absolute Gasteiger partial charge is 0.381 e. The Labute approximate surface area is 116 Å². The van der Waals surface area contributed by atoms with E-state index in [4.69, 9.17) is 4.74 Å². The van der Waals surface area contributed by atoms with E-state index >= 15 is 0 Å². The number of nitrogens with one attached hydrogen (secondary N) is 1. The van der Waals surface area contributed by atoms with Crippen LogP contribution in [-0.4, -0.2) is 56.6 Å². The van der Waals surface area contributed by atoms with Crippen molar-refractivity contribution in [2.75, 3.05) is 45.9 Å². The van der Waals surface area contributed by atoms with Crippen LogP contribution in [0.2, 0.25) is 0 Å². The Morgan fingerprint density at radius 1 is 1.16 bits per heavy atom. The van der Waals surface area contributed by atoms with Crippen LogP contribution in [0.1, 0.15) is 38.5 Å². The first-order valence-electron chi connectivity index (χ1n) is 7.87. The smallest absolute Gasteiger partial charge is 0.146 e. The number of hydrogen-bond donors (Lipinski definition) is 1. The molecule has 0 aromatic heterocycles. The lowest BCUT2D eigenvalue weighted by atomic mass is 9.93. The number of nitrogens with zero attached hydrogens (tertiary/aromatic N) is 1. The van der Waals surface area contributed by atoms with E-state index in [1.165, 1.54) is 25.7 Å². The molecule has 19 heavy (non-hydrogen) atoms. The molecular formula is C15H28N2O2. The first kappa shape index (κ1) is 14.9. The Balaban J connectivity index is 1.48. The summed E-state index contributed by atoms with van der Waals surface area (Å²) in [5, 5.41) is 3.31. The zero-order valence-electron chi connectivity index (χ0n) is 12.0. The predicted octanol–water partition coefficient (Wildman–Crippen LogP) is 1.45. The Kier molecular flexibility index (Phi) is 6.82. The van der Waals surface area contributed by atoms with Crippen molar-refractivity contribution in [1.82, 2.24) is 10.2 Å². The van der Waals surface area contributed by atoms with E-state index in [-0.39, 0.29) is 0 Å². The van der Waals surface area contributed by atoms with Crippen LogP contribution in [0.4, 0.5) is 0 Å². The van der Waals surface area contributed by atoms with Gasteiger partial charge in [0.05, 0.1) is 6.54 Å². The van der Waals surface area contributed by atoms with E-state index in [0.717, 1.165) is 58.2 Å². The molecule has 2 fully saturated rings. The zero-order chi connectivity index (χ0) is 13.3. The SMILES string of the molecule is O=C(CCCCC1CCOCC1)CN1CCNCC1. The third-order valence-electron chi connectivity index (χ3n) is 4.27. The fourth-order valence-corrected chi connectivity index (χ4v) is 2.99. The highest BCUT2D eigenvalue weighted by Crippen LogP contribution is 2.21. The maximum atomic E-state index is 11.9. The highest BCUT2D eigenvalue weighted by molar-refractivity contribution is 5.80. The fraction of sp³-hybridized carbons (Fsp3) is 0.933. The second-order valence-corrected chi connectivity index (χ2v) is 5.87. The molecule has 0 bridgehead atoms. The van der Waals surface area contributed by atoms with Crippen LogP contribution in [0.15, 0.2) is 0 Å². The molecule has 2 aliphatic heterocycles. The van der Waals surface area contributed by atoms with Crippen molar-refractivity contribution in [2.45, 2.75) is 38.5 Å². The minimum absolute atomic E-state index is 0.425. The minimum Gasteiger partial charge on any atom is -0.381 e. The molecule has 0 aromatic rings. The fourth-order valence-electron chi connectivity index (χ4n) is 2.99. The Hall–Kier alpha value is -0.450. The first-order chi connectivity index (χ1) is 9.34. The summed E-state index contributed by atoms with van der Waals surface area (Å²) >= 11 is 0. The molecule has 0 spiro atoms. The molecule has 2 rings (SSSR count). The van der Waals surface area contributed by atoms with Gasteiger partial charge < -0.3 is 10.1 Å². The maximum absolute atomic E-state index is 11.9. The highest BCUT2D eigenvalue weighted by atomic mass is 16.5. The number of ether oxygens (including phenoxy) is 1. The van der Waals surface area contributed by atoms with Gasteiger partial charge in [0.15, 0.2) is 0 Å². The summed E-state index contributed by atoms with van der Waals surface area (Å²) in [5.74, 6) is 1.27. The van der Waals surface area contributed by atoms with Gasteiger partial charge in [0.1, 0.15) is 5.78 Å². The van der Waals surface area contributed by atoms with Gasteiger partial charge in [-0.05, 0) is 25.2 Å². The molecule has 4 nitrogen and oxygen atoms in total. The Morgan fingerprint density at radius 2 is 1.89 bits per heavy atom.